The van der Waals surface area contributed by atoms with E-state index in [0.717, 1.165) is 40.1 Å². The second kappa shape index (κ2) is 7.69. The molecule has 4 aromatic heterocycles. The summed E-state index contributed by atoms with van der Waals surface area (Å²) in [6, 6.07) is 5.56. The van der Waals surface area contributed by atoms with Crippen molar-refractivity contribution in [1.82, 2.24) is 37.4 Å². The molecule has 14 heteroatoms. The molecule has 0 N–H and O–H groups in total. The van der Waals surface area contributed by atoms with Gasteiger partial charge >= 0.3 is 11.4 Å². The molecule has 0 spiro atoms. The van der Waals surface area contributed by atoms with Gasteiger partial charge in [0.1, 0.15) is 12.7 Å². The fourth-order valence-corrected chi connectivity index (χ4v) is 4.03. The number of aromatic nitrogens is 8. The lowest BCUT2D eigenvalue weighted by molar-refractivity contribution is 0.0952. The highest BCUT2D eigenvalue weighted by atomic mass is 16.2. The quantitative estimate of drug-likeness (QED) is 0.291. The molecule has 1 aromatic carbocycles. The van der Waals surface area contributed by atoms with Gasteiger partial charge in [-0.15, -0.1) is 0 Å². The van der Waals surface area contributed by atoms with E-state index in [1.807, 2.05) is 0 Å². The largest absolute Gasteiger partial charge is 0.332 e. The normalized spacial score (nSPS) is 11.4. The highest BCUT2D eigenvalue weighted by molar-refractivity contribution is 6.03. The summed E-state index contributed by atoms with van der Waals surface area (Å²) in [5.74, 6) is -1.19. The Morgan fingerprint density at radius 3 is 1.25 bits per heavy atom. The lowest BCUT2D eigenvalue weighted by Gasteiger charge is -2.08. The molecule has 0 saturated heterocycles. The first-order valence-corrected chi connectivity index (χ1v) is 10.5. The zero-order valence-corrected chi connectivity index (χ0v) is 19.5. The third-order valence-electron chi connectivity index (χ3n) is 6.11. The van der Waals surface area contributed by atoms with Crippen molar-refractivity contribution >= 4 is 34.1 Å². The maximum atomic E-state index is 13.1. The Balaban J connectivity index is 1.55. The summed E-state index contributed by atoms with van der Waals surface area (Å²) in [6.07, 6.45) is 2.31. The van der Waals surface area contributed by atoms with Crippen molar-refractivity contribution < 1.29 is 9.59 Å². The van der Waals surface area contributed by atoms with Crippen LogP contribution in [0.1, 0.15) is 20.7 Å². The minimum atomic E-state index is -0.672. The molecular weight excluding hydrogens is 472 g/mol. The maximum Gasteiger partial charge on any atom is 0.332 e. The standard InChI is InChI=1S/C22H18N8O6/c1-25-15-13(19(33)27(3)21(25)35)29(9-23-15)17(31)11-5-7-12(8-6-11)18(32)30-10-24-16-14(30)20(34)28(4)22(36)26(16)2/h5-10H,1-4H3. The predicted octanol–water partition coefficient (Wildman–Crippen LogP) is -1.44. The summed E-state index contributed by atoms with van der Waals surface area (Å²) in [4.78, 5) is 83.8. The first-order valence-electron chi connectivity index (χ1n) is 10.5. The number of rotatable bonds is 2. The highest BCUT2D eigenvalue weighted by Gasteiger charge is 2.21. The van der Waals surface area contributed by atoms with E-state index in [9.17, 15) is 28.8 Å². The molecule has 0 atom stereocenters. The molecule has 0 bridgehead atoms. The van der Waals surface area contributed by atoms with E-state index >= 15 is 0 Å². The van der Waals surface area contributed by atoms with Gasteiger partial charge in [-0.25, -0.2) is 19.6 Å². The number of hydrogen-bond donors (Lipinski definition) is 0. The first-order chi connectivity index (χ1) is 17.0. The van der Waals surface area contributed by atoms with Crippen LogP contribution in [0.15, 0.2) is 56.1 Å². The fourth-order valence-electron chi connectivity index (χ4n) is 4.03. The van der Waals surface area contributed by atoms with E-state index < -0.39 is 34.3 Å². The molecule has 4 heterocycles. The van der Waals surface area contributed by atoms with Crippen molar-refractivity contribution in [3.63, 3.8) is 0 Å². The van der Waals surface area contributed by atoms with Gasteiger partial charge in [0.15, 0.2) is 22.3 Å². The van der Waals surface area contributed by atoms with Crippen LogP contribution < -0.4 is 22.5 Å². The van der Waals surface area contributed by atoms with Crippen molar-refractivity contribution in [2.45, 2.75) is 0 Å². The Morgan fingerprint density at radius 1 is 0.583 bits per heavy atom. The summed E-state index contributed by atoms with van der Waals surface area (Å²) in [7, 11) is 5.49. The van der Waals surface area contributed by atoms with Crippen LogP contribution in [0, 0.1) is 0 Å². The third-order valence-corrected chi connectivity index (χ3v) is 6.11. The van der Waals surface area contributed by atoms with E-state index in [2.05, 4.69) is 9.97 Å². The predicted molar refractivity (Wildman–Crippen MR) is 126 cm³/mol. The SMILES string of the molecule is Cn1c(=O)c2c(ncn2C(=O)c2ccc(C(=O)n3cnc4c3c(=O)n(C)c(=O)n4C)cc2)n(C)c1=O. The molecule has 0 fully saturated rings. The van der Waals surface area contributed by atoms with E-state index in [-0.39, 0.29) is 33.5 Å². The van der Waals surface area contributed by atoms with Crippen molar-refractivity contribution in [2.24, 2.45) is 28.2 Å². The molecule has 5 aromatic rings. The van der Waals surface area contributed by atoms with Gasteiger partial charge in [-0.05, 0) is 24.3 Å². The molecule has 0 unspecified atom stereocenters. The van der Waals surface area contributed by atoms with Crippen LogP contribution in [0.25, 0.3) is 22.3 Å². The fraction of sp³-hybridized carbons (Fsp3) is 0.182. The minimum Gasteiger partial charge on any atom is -0.279 e. The number of carbonyl (C=O) groups excluding carboxylic acids is 2. The zero-order chi connectivity index (χ0) is 26.0. The molecule has 0 radical (unpaired) electrons. The van der Waals surface area contributed by atoms with Gasteiger partial charge in [0.2, 0.25) is 0 Å². The highest BCUT2D eigenvalue weighted by Crippen LogP contribution is 2.14. The number of fused-ring (bicyclic) bond motifs is 2. The average Bonchev–Trinajstić information content (AvgIpc) is 3.53. The topological polar surface area (TPSA) is 158 Å². The van der Waals surface area contributed by atoms with Crippen LogP contribution in [0.4, 0.5) is 0 Å². The van der Waals surface area contributed by atoms with Gasteiger partial charge in [0.25, 0.3) is 22.9 Å². The lowest BCUT2D eigenvalue weighted by atomic mass is 10.1. The molecule has 14 nitrogen and oxygen atoms in total. The summed E-state index contributed by atoms with van der Waals surface area (Å²) < 4.78 is 6.18. The Hall–Kier alpha value is -5.14. The van der Waals surface area contributed by atoms with Gasteiger partial charge < -0.3 is 0 Å². The molecule has 0 aliphatic heterocycles. The number of aryl methyl sites for hydroxylation is 2. The van der Waals surface area contributed by atoms with Gasteiger partial charge in [-0.2, -0.15) is 0 Å². The summed E-state index contributed by atoms with van der Waals surface area (Å²) in [5.41, 5.74) is -2.19. The summed E-state index contributed by atoms with van der Waals surface area (Å²) >= 11 is 0. The molecule has 5 rings (SSSR count). The van der Waals surface area contributed by atoms with Crippen molar-refractivity contribution in [1.29, 1.82) is 0 Å². The number of benzene rings is 1. The van der Waals surface area contributed by atoms with E-state index in [0.29, 0.717) is 0 Å². The second-order valence-corrected chi connectivity index (χ2v) is 8.17. The molecule has 0 amide bonds. The van der Waals surface area contributed by atoms with Gasteiger partial charge in [-0.1, -0.05) is 0 Å². The Labute approximate surface area is 199 Å². The Morgan fingerprint density at radius 2 is 0.917 bits per heavy atom. The van der Waals surface area contributed by atoms with Crippen LogP contribution in [0.5, 0.6) is 0 Å². The van der Waals surface area contributed by atoms with Crippen LogP contribution in [-0.4, -0.2) is 49.2 Å². The number of carbonyl (C=O) groups is 2. The Kier molecular flexibility index (Phi) is 4.84. The molecule has 0 saturated carbocycles. The number of imidazole rings is 2. The van der Waals surface area contributed by atoms with Crippen LogP contribution in [0.2, 0.25) is 0 Å². The monoisotopic (exact) mass is 490 g/mol. The van der Waals surface area contributed by atoms with Crippen LogP contribution in [0.3, 0.4) is 0 Å². The third kappa shape index (κ3) is 2.97. The van der Waals surface area contributed by atoms with Gasteiger partial charge in [0, 0.05) is 39.3 Å². The average molecular weight is 490 g/mol. The molecule has 0 aliphatic rings. The van der Waals surface area contributed by atoms with E-state index in [4.69, 9.17) is 0 Å². The first kappa shape index (κ1) is 22.6. The van der Waals surface area contributed by atoms with Crippen molar-refractivity contribution in [3.05, 3.63) is 89.7 Å². The smallest absolute Gasteiger partial charge is 0.279 e. The number of nitrogens with zero attached hydrogens (tertiary/aromatic N) is 8. The zero-order valence-electron chi connectivity index (χ0n) is 19.5. The van der Waals surface area contributed by atoms with Crippen LogP contribution >= 0.6 is 0 Å². The summed E-state index contributed by atoms with van der Waals surface area (Å²) in [5, 5.41) is 0. The van der Waals surface area contributed by atoms with Crippen LogP contribution in [-0.2, 0) is 28.2 Å². The Bertz CT molecular complexity index is 1850. The number of hydrogen-bond acceptors (Lipinski definition) is 8. The van der Waals surface area contributed by atoms with Crippen molar-refractivity contribution in [3.8, 4) is 0 Å². The minimum absolute atomic E-state index is 0.0592. The molecule has 182 valence electrons. The van der Waals surface area contributed by atoms with Gasteiger partial charge in [0.05, 0.1) is 0 Å². The van der Waals surface area contributed by atoms with Crippen molar-refractivity contribution in [2.75, 3.05) is 0 Å². The van der Waals surface area contributed by atoms with E-state index in [1.165, 1.54) is 52.5 Å². The van der Waals surface area contributed by atoms with E-state index in [1.54, 1.807) is 0 Å². The molecular formula is C22H18N8O6. The molecule has 0 aliphatic carbocycles. The lowest BCUT2D eigenvalue weighted by Crippen LogP contribution is -2.38. The molecule has 36 heavy (non-hydrogen) atoms. The second-order valence-electron chi connectivity index (χ2n) is 8.17. The summed E-state index contributed by atoms with van der Waals surface area (Å²) in [6.45, 7) is 0. The van der Waals surface area contributed by atoms with Gasteiger partial charge in [-0.3, -0.25) is 46.6 Å². The maximum absolute atomic E-state index is 13.1.